The van der Waals surface area contributed by atoms with Gasteiger partial charge in [0.05, 0.1) is 11.5 Å². The number of rotatable bonds is 4. The molecule has 0 amide bonds. The van der Waals surface area contributed by atoms with Gasteiger partial charge in [0.25, 0.3) is 0 Å². The zero-order valence-electron chi connectivity index (χ0n) is 24.4. The molecule has 12 atom stereocenters. The highest BCUT2D eigenvalue weighted by atomic mass is 16.7. The van der Waals surface area contributed by atoms with Crippen LogP contribution in [0.1, 0.15) is 61.8 Å². The molecule has 2 saturated heterocycles. The molecule has 228 valence electrons. The average Bonchev–Trinajstić information content (AvgIpc) is 3.43. The van der Waals surface area contributed by atoms with E-state index in [1.54, 1.807) is 13.8 Å². The summed E-state index contributed by atoms with van der Waals surface area (Å²) < 4.78 is 34.7. The molecule has 2 heterocycles. The minimum absolute atomic E-state index is 0.123. The Morgan fingerprint density at radius 2 is 1.44 bits per heavy atom. The fourth-order valence-corrected chi connectivity index (χ4v) is 7.32. The lowest BCUT2D eigenvalue weighted by Crippen LogP contribution is -2.69. The average molecular weight is 583 g/mol. The Balaban J connectivity index is 2.09. The van der Waals surface area contributed by atoms with E-state index in [4.69, 9.17) is 28.4 Å². The largest absolute Gasteiger partial charge is 0.462 e. The van der Waals surface area contributed by atoms with Crippen LogP contribution in [0.15, 0.2) is 11.6 Å². The molecule has 2 aliphatic heterocycles. The summed E-state index contributed by atoms with van der Waals surface area (Å²) in [6.07, 6.45) is -8.15. The number of hydrogen-bond acceptors (Lipinski definition) is 13. The molecule has 1 spiro atoms. The first-order chi connectivity index (χ1) is 18.9. The van der Waals surface area contributed by atoms with Crippen molar-refractivity contribution in [3.63, 3.8) is 0 Å². The normalized spacial score (nSPS) is 46.2. The summed E-state index contributed by atoms with van der Waals surface area (Å²) in [6.45, 7) is 10.9. The summed E-state index contributed by atoms with van der Waals surface area (Å²) in [6, 6.07) is 0. The number of esters is 5. The molecule has 1 saturated carbocycles. The number of fused-ring (bicyclic) bond motifs is 1. The fraction of sp³-hybridized carbons (Fsp3) is 0.750. The molecule has 0 aromatic heterocycles. The standard InChI is InChI=1S/C28H38O13/c1-11-9-19-28(27(8,41-28)25(35)40-19)23(38-15(5)31)20-12(2)17(33)10-18(36-13(3)29)26(20,7)24(39-16(6)32)21(34)22(11)37-14(4)30/h9,12,17-24,33-34H,10H2,1-8H3/b11-9-/t12-,17-,18-,19-,20+,21-,22-,23-,24-,26-,27-,28-/m1/s1. The maximum atomic E-state index is 13.1. The van der Waals surface area contributed by atoms with Gasteiger partial charge in [-0.3, -0.25) is 19.2 Å². The van der Waals surface area contributed by atoms with Crippen molar-refractivity contribution in [1.29, 1.82) is 0 Å². The lowest BCUT2D eigenvalue weighted by atomic mass is 9.52. The summed E-state index contributed by atoms with van der Waals surface area (Å²) in [5, 5.41) is 23.1. The predicted octanol–water partition coefficient (Wildman–Crippen LogP) is 0.510. The number of aliphatic hydroxyl groups excluding tert-OH is 2. The molecule has 4 rings (SSSR count). The van der Waals surface area contributed by atoms with Crippen LogP contribution in [0.2, 0.25) is 0 Å². The Hall–Kier alpha value is -3.03. The van der Waals surface area contributed by atoms with Gasteiger partial charge in [-0.2, -0.15) is 0 Å². The Morgan fingerprint density at radius 1 is 0.902 bits per heavy atom. The van der Waals surface area contributed by atoms with Crippen LogP contribution >= 0.6 is 0 Å². The third-order valence-electron chi connectivity index (χ3n) is 9.20. The fourth-order valence-electron chi connectivity index (χ4n) is 7.32. The summed E-state index contributed by atoms with van der Waals surface area (Å²) >= 11 is 0. The van der Waals surface area contributed by atoms with E-state index in [-0.39, 0.29) is 12.0 Å². The van der Waals surface area contributed by atoms with E-state index in [9.17, 15) is 34.2 Å². The minimum atomic E-state index is -1.73. The first kappa shape index (κ1) is 30.9. The molecule has 0 unspecified atom stereocenters. The summed E-state index contributed by atoms with van der Waals surface area (Å²) in [7, 11) is 0. The molecule has 2 aliphatic carbocycles. The number of hydrogen-bond donors (Lipinski definition) is 2. The Morgan fingerprint density at radius 3 is 1.95 bits per heavy atom. The van der Waals surface area contributed by atoms with E-state index in [1.807, 2.05) is 0 Å². The van der Waals surface area contributed by atoms with Gasteiger partial charge < -0.3 is 38.6 Å². The third-order valence-corrected chi connectivity index (χ3v) is 9.20. The number of ether oxygens (including phenoxy) is 6. The van der Waals surface area contributed by atoms with Crippen molar-refractivity contribution in [2.45, 2.75) is 116 Å². The molecule has 13 heteroatoms. The smallest absolute Gasteiger partial charge is 0.342 e. The monoisotopic (exact) mass is 582 g/mol. The summed E-state index contributed by atoms with van der Waals surface area (Å²) in [5.41, 5.74) is -4.55. The first-order valence-electron chi connectivity index (χ1n) is 13.6. The molecular weight excluding hydrogens is 544 g/mol. The number of carbonyl (C=O) groups is 5. The van der Waals surface area contributed by atoms with Gasteiger partial charge in [-0.1, -0.05) is 13.8 Å². The molecule has 41 heavy (non-hydrogen) atoms. The van der Waals surface area contributed by atoms with Gasteiger partial charge in [0.15, 0.2) is 23.4 Å². The van der Waals surface area contributed by atoms with E-state index in [1.165, 1.54) is 26.8 Å². The van der Waals surface area contributed by atoms with Gasteiger partial charge in [-0.05, 0) is 31.4 Å². The molecule has 2 N–H and O–H groups in total. The highest BCUT2D eigenvalue weighted by Crippen LogP contribution is 2.65. The summed E-state index contributed by atoms with van der Waals surface area (Å²) in [4.78, 5) is 62.8. The number of carbonyl (C=O) groups excluding carboxylic acids is 5. The topological polar surface area (TPSA) is 184 Å². The molecule has 13 nitrogen and oxygen atoms in total. The van der Waals surface area contributed by atoms with Gasteiger partial charge in [-0.25, -0.2) is 4.79 Å². The third kappa shape index (κ3) is 4.71. The van der Waals surface area contributed by atoms with Crippen LogP contribution < -0.4 is 0 Å². The van der Waals surface area contributed by atoms with Crippen LogP contribution in [-0.2, 0) is 52.4 Å². The van der Waals surface area contributed by atoms with Gasteiger partial charge in [0.2, 0.25) is 0 Å². The van der Waals surface area contributed by atoms with Crippen LogP contribution in [0.5, 0.6) is 0 Å². The lowest BCUT2D eigenvalue weighted by molar-refractivity contribution is -0.248. The quantitative estimate of drug-likeness (QED) is 0.202. The van der Waals surface area contributed by atoms with E-state index >= 15 is 0 Å². The molecule has 0 bridgehead atoms. The maximum Gasteiger partial charge on any atom is 0.342 e. The van der Waals surface area contributed by atoms with Crippen molar-refractivity contribution in [2.75, 3.05) is 0 Å². The van der Waals surface area contributed by atoms with Crippen LogP contribution in [0, 0.1) is 17.3 Å². The highest BCUT2D eigenvalue weighted by molar-refractivity contribution is 5.89. The van der Waals surface area contributed by atoms with Gasteiger partial charge >= 0.3 is 29.8 Å². The molecule has 4 aliphatic rings. The number of epoxide rings is 1. The van der Waals surface area contributed by atoms with E-state index in [2.05, 4.69) is 0 Å². The second-order valence-electron chi connectivity index (χ2n) is 11.9. The van der Waals surface area contributed by atoms with Crippen LogP contribution in [0.25, 0.3) is 0 Å². The second kappa shape index (κ2) is 10.4. The van der Waals surface area contributed by atoms with Crippen molar-refractivity contribution in [2.24, 2.45) is 17.3 Å². The zero-order chi connectivity index (χ0) is 30.8. The Kier molecular flexibility index (Phi) is 7.81. The van der Waals surface area contributed by atoms with Gasteiger partial charge in [-0.15, -0.1) is 0 Å². The van der Waals surface area contributed by atoms with Crippen molar-refractivity contribution in [3.8, 4) is 0 Å². The van der Waals surface area contributed by atoms with Crippen molar-refractivity contribution in [3.05, 3.63) is 11.6 Å². The van der Waals surface area contributed by atoms with E-state index in [0.717, 1.165) is 20.8 Å². The Bertz CT molecular complexity index is 1180. The van der Waals surface area contributed by atoms with Crippen molar-refractivity contribution < 1.29 is 62.6 Å². The molecule has 0 radical (unpaired) electrons. The predicted molar refractivity (Wildman–Crippen MR) is 135 cm³/mol. The van der Waals surface area contributed by atoms with Crippen LogP contribution in [-0.4, -0.2) is 94.0 Å². The van der Waals surface area contributed by atoms with E-state index < -0.39 is 101 Å². The van der Waals surface area contributed by atoms with Crippen LogP contribution in [0.4, 0.5) is 0 Å². The SMILES string of the molecule is CC(=O)O[C@@H]1/C(C)=C\[C@H]2OC(=O)[C@@]3(C)O[C@@]23[C@H](OC(C)=O)[C@@H]2[C@H](C)[C@H](O)C[C@@H](OC(C)=O)[C@@]2(C)[C@H](OC(C)=O)[C@@H]1O. The lowest BCUT2D eigenvalue weighted by Gasteiger charge is -2.57. The first-order valence-corrected chi connectivity index (χ1v) is 13.6. The Labute approximate surface area is 237 Å². The molecule has 0 aromatic rings. The second-order valence-corrected chi connectivity index (χ2v) is 11.9. The summed E-state index contributed by atoms with van der Waals surface area (Å²) in [5.74, 6) is -5.56. The van der Waals surface area contributed by atoms with Gasteiger partial charge in [0, 0.05) is 40.0 Å². The van der Waals surface area contributed by atoms with E-state index in [0.29, 0.717) is 0 Å². The van der Waals surface area contributed by atoms with Crippen LogP contribution in [0.3, 0.4) is 0 Å². The van der Waals surface area contributed by atoms with Crippen molar-refractivity contribution in [1.82, 2.24) is 0 Å². The molecule has 0 aromatic carbocycles. The zero-order valence-corrected chi connectivity index (χ0v) is 24.4. The van der Waals surface area contributed by atoms with Crippen molar-refractivity contribution >= 4 is 29.8 Å². The maximum absolute atomic E-state index is 13.1. The minimum Gasteiger partial charge on any atom is -0.462 e. The van der Waals surface area contributed by atoms with Gasteiger partial charge in [0.1, 0.15) is 24.4 Å². The molecular formula is C28H38O13. The molecule has 3 fully saturated rings. The number of aliphatic hydroxyl groups is 2. The highest BCUT2D eigenvalue weighted by Gasteiger charge is 2.87.